The number of rotatable bonds is 3. The molecule has 2 aliphatic heterocycles. The van der Waals surface area contributed by atoms with Gasteiger partial charge in [-0.1, -0.05) is 29.8 Å². The fourth-order valence-corrected chi connectivity index (χ4v) is 4.79. The number of benzene rings is 1. The first-order chi connectivity index (χ1) is 11.2. The van der Waals surface area contributed by atoms with Crippen molar-refractivity contribution in [2.24, 2.45) is 0 Å². The first-order valence-corrected chi connectivity index (χ1v) is 10.0. The molecular formula is C19H28N2OS. The summed E-state index contributed by atoms with van der Waals surface area (Å²) in [5.74, 6) is 2.89. The number of carbonyl (C=O) groups excluding carboxylic acids is 1. The first kappa shape index (κ1) is 16.8. The van der Waals surface area contributed by atoms with Gasteiger partial charge in [-0.3, -0.25) is 9.69 Å². The molecule has 126 valence electrons. The van der Waals surface area contributed by atoms with Crippen LogP contribution in [0.1, 0.15) is 30.4 Å². The van der Waals surface area contributed by atoms with Crippen LogP contribution in [-0.4, -0.2) is 59.4 Å². The van der Waals surface area contributed by atoms with Gasteiger partial charge in [-0.25, -0.2) is 0 Å². The van der Waals surface area contributed by atoms with Crippen LogP contribution in [0.25, 0.3) is 0 Å². The molecule has 0 atom stereocenters. The Hall–Kier alpha value is -1.00. The van der Waals surface area contributed by atoms with E-state index in [9.17, 15) is 4.79 Å². The molecule has 4 heteroatoms. The van der Waals surface area contributed by atoms with Crippen LogP contribution in [0.4, 0.5) is 0 Å². The number of hydrogen-bond acceptors (Lipinski definition) is 3. The summed E-state index contributed by atoms with van der Waals surface area (Å²) in [7, 11) is 0. The number of hydrogen-bond donors (Lipinski definition) is 0. The van der Waals surface area contributed by atoms with Crippen LogP contribution in [0.15, 0.2) is 24.3 Å². The quantitative estimate of drug-likeness (QED) is 0.850. The number of carbonyl (C=O) groups is 1. The fourth-order valence-electron chi connectivity index (χ4n) is 3.71. The zero-order valence-electron chi connectivity index (χ0n) is 14.2. The van der Waals surface area contributed by atoms with Gasteiger partial charge in [-0.05, 0) is 43.3 Å². The van der Waals surface area contributed by atoms with Gasteiger partial charge in [0.1, 0.15) is 0 Å². The van der Waals surface area contributed by atoms with Crippen molar-refractivity contribution in [2.75, 3.05) is 37.7 Å². The van der Waals surface area contributed by atoms with E-state index < -0.39 is 0 Å². The molecule has 2 fully saturated rings. The third-order valence-corrected chi connectivity index (χ3v) is 6.08. The maximum Gasteiger partial charge on any atom is 0.227 e. The summed E-state index contributed by atoms with van der Waals surface area (Å²) in [5, 5.41) is 0. The van der Waals surface area contributed by atoms with E-state index in [0.29, 0.717) is 6.42 Å². The second-order valence-corrected chi connectivity index (χ2v) is 8.00. The van der Waals surface area contributed by atoms with Gasteiger partial charge >= 0.3 is 0 Å². The van der Waals surface area contributed by atoms with Gasteiger partial charge in [-0.15, -0.1) is 0 Å². The van der Waals surface area contributed by atoms with Crippen LogP contribution in [0.3, 0.4) is 0 Å². The largest absolute Gasteiger partial charge is 0.341 e. The van der Waals surface area contributed by atoms with Crippen molar-refractivity contribution in [3.63, 3.8) is 0 Å². The summed E-state index contributed by atoms with van der Waals surface area (Å²) in [6, 6.07) is 9.07. The van der Waals surface area contributed by atoms with Crippen LogP contribution in [0.5, 0.6) is 0 Å². The lowest BCUT2D eigenvalue weighted by atomic mass is 10.1. The van der Waals surface area contributed by atoms with Gasteiger partial charge < -0.3 is 4.90 Å². The molecule has 2 saturated heterocycles. The Kier molecular flexibility index (Phi) is 6.01. The molecular weight excluding hydrogens is 304 g/mol. The highest BCUT2D eigenvalue weighted by Crippen LogP contribution is 2.23. The molecule has 0 saturated carbocycles. The van der Waals surface area contributed by atoms with Crippen molar-refractivity contribution in [3.8, 4) is 0 Å². The lowest BCUT2D eigenvalue weighted by Gasteiger charge is -2.33. The number of amides is 1. The predicted octanol–water partition coefficient (Wildman–Crippen LogP) is 2.97. The van der Waals surface area contributed by atoms with Gasteiger partial charge in [0.25, 0.3) is 0 Å². The number of nitrogens with zero attached hydrogens (tertiary/aromatic N) is 2. The predicted molar refractivity (Wildman–Crippen MR) is 98.0 cm³/mol. The van der Waals surface area contributed by atoms with Crippen molar-refractivity contribution in [2.45, 2.75) is 38.6 Å². The van der Waals surface area contributed by atoms with Crippen molar-refractivity contribution < 1.29 is 4.79 Å². The molecule has 0 aromatic heterocycles. The molecule has 1 aromatic rings. The van der Waals surface area contributed by atoms with Crippen LogP contribution < -0.4 is 0 Å². The molecule has 0 unspecified atom stereocenters. The highest BCUT2D eigenvalue weighted by atomic mass is 32.2. The monoisotopic (exact) mass is 332 g/mol. The molecule has 3 rings (SSSR count). The lowest BCUT2D eigenvalue weighted by Crippen LogP contribution is -2.41. The third-order valence-electron chi connectivity index (χ3n) is 5.03. The minimum absolute atomic E-state index is 0.289. The number of thioether (sulfide) groups is 1. The first-order valence-electron chi connectivity index (χ1n) is 8.87. The van der Waals surface area contributed by atoms with E-state index in [4.69, 9.17) is 0 Å². The minimum Gasteiger partial charge on any atom is -0.341 e. The van der Waals surface area contributed by atoms with Crippen LogP contribution in [0, 0.1) is 6.92 Å². The third kappa shape index (κ3) is 4.74. The van der Waals surface area contributed by atoms with E-state index in [1.54, 1.807) is 0 Å². The van der Waals surface area contributed by atoms with Gasteiger partial charge in [0.05, 0.1) is 6.42 Å². The van der Waals surface area contributed by atoms with Gasteiger partial charge in [-0.2, -0.15) is 11.8 Å². The Morgan fingerprint density at radius 1 is 1.17 bits per heavy atom. The van der Waals surface area contributed by atoms with E-state index in [-0.39, 0.29) is 5.91 Å². The molecule has 0 aliphatic carbocycles. The zero-order chi connectivity index (χ0) is 16.1. The lowest BCUT2D eigenvalue weighted by molar-refractivity contribution is -0.130. The molecule has 3 nitrogen and oxygen atoms in total. The molecule has 2 heterocycles. The highest BCUT2D eigenvalue weighted by molar-refractivity contribution is 7.99. The van der Waals surface area contributed by atoms with Gasteiger partial charge in [0.2, 0.25) is 5.91 Å². The average Bonchev–Trinajstić information content (AvgIpc) is 2.82. The second kappa shape index (κ2) is 8.20. The maximum atomic E-state index is 12.6. The van der Waals surface area contributed by atoms with E-state index >= 15 is 0 Å². The Labute approximate surface area is 144 Å². The summed E-state index contributed by atoms with van der Waals surface area (Å²) >= 11 is 2.08. The summed E-state index contributed by atoms with van der Waals surface area (Å²) in [6.45, 7) is 6.11. The molecule has 1 amide bonds. The maximum absolute atomic E-state index is 12.6. The summed E-state index contributed by atoms with van der Waals surface area (Å²) in [4.78, 5) is 17.3. The molecule has 23 heavy (non-hydrogen) atoms. The Bertz CT molecular complexity index is 528. The molecule has 0 bridgehead atoms. The van der Waals surface area contributed by atoms with Crippen molar-refractivity contribution in [3.05, 3.63) is 35.4 Å². The van der Waals surface area contributed by atoms with Crippen molar-refractivity contribution >= 4 is 17.7 Å². The van der Waals surface area contributed by atoms with E-state index in [1.165, 1.54) is 29.9 Å². The van der Waals surface area contributed by atoms with Crippen molar-refractivity contribution in [1.82, 2.24) is 9.80 Å². The highest BCUT2D eigenvalue weighted by Gasteiger charge is 2.25. The van der Waals surface area contributed by atoms with E-state index in [2.05, 4.69) is 46.7 Å². The Balaban J connectivity index is 1.53. The molecule has 1 aromatic carbocycles. The molecule has 0 radical (unpaired) electrons. The van der Waals surface area contributed by atoms with Gasteiger partial charge in [0, 0.05) is 32.2 Å². The van der Waals surface area contributed by atoms with Crippen molar-refractivity contribution in [1.29, 1.82) is 0 Å². The summed E-state index contributed by atoms with van der Waals surface area (Å²) in [6.07, 6.45) is 4.30. The molecule has 0 spiro atoms. The average molecular weight is 333 g/mol. The standard InChI is InChI=1S/C19H28N2OS/c1-16-4-2-5-17(14-16)15-19(22)21-9-3-8-20(10-11-21)18-6-12-23-13-7-18/h2,4-5,14,18H,3,6-13,15H2,1H3. The number of aryl methyl sites for hydroxylation is 1. The Morgan fingerprint density at radius 2 is 2.00 bits per heavy atom. The minimum atomic E-state index is 0.289. The smallest absolute Gasteiger partial charge is 0.227 e. The molecule has 0 N–H and O–H groups in total. The van der Waals surface area contributed by atoms with E-state index in [1.807, 2.05) is 6.07 Å². The SMILES string of the molecule is Cc1cccc(CC(=O)N2CCCN(C3CCSCC3)CC2)c1. The van der Waals surface area contributed by atoms with Crippen LogP contribution >= 0.6 is 11.8 Å². The van der Waals surface area contributed by atoms with Crippen LogP contribution in [0.2, 0.25) is 0 Å². The fraction of sp³-hybridized carbons (Fsp3) is 0.632. The summed E-state index contributed by atoms with van der Waals surface area (Å²) < 4.78 is 0. The normalized spacial score (nSPS) is 21.2. The summed E-state index contributed by atoms with van der Waals surface area (Å²) in [5.41, 5.74) is 2.37. The Morgan fingerprint density at radius 3 is 2.78 bits per heavy atom. The molecule has 2 aliphatic rings. The second-order valence-electron chi connectivity index (χ2n) is 6.78. The topological polar surface area (TPSA) is 23.6 Å². The van der Waals surface area contributed by atoms with Gasteiger partial charge in [0.15, 0.2) is 0 Å². The zero-order valence-corrected chi connectivity index (χ0v) is 15.0. The van der Waals surface area contributed by atoms with Crippen LogP contribution in [-0.2, 0) is 11.2 Å². The van der Waals surface area contributed by atoms with E-state index in [0.717, 1.165) is 44.2 Å².